The summed E-state index contributed by atoms with van der Waals surface area (Å²) < 4.78 is 0. The normalized spacial score (nSPS) is 17.6. The topological polar surface area (TPSA) is 35.6 Å². The Balaban J connectivity index is 1.98. The summed E-state index contributed by atoms with van der Waals surface area (Å²) in [6, 6.07) is 7.99. The smallest absolute Gasteiger partial charge is 0.241 e. The van der Waals surface area contributed by atoms with Gasteiger partial charge in [0, 0.05) is 25.0 Å². The number of hydrogen-bond acceptors (Lipinski definition) is 3. The number of carbonyl (C=O) groups is 1. The molecule has 4 nitrogen and oxygen atoms in total. The summed E-state index contributed by atoms with van der Waals surface area (Å²) in [5, 5.41) is 3.07. The summed E-state index contributed by atoms with van der Waals surface area (Å²) >= 11 is 0. The maximum Gasteiger partial charge on any atom is 0.241 e. The molecule has 0 bridgehead atoms. The van der Waals surface area contributed by atoms with Crippen molar-refractivity contribution in [1.29, 1.82) is 0 Å². The molecular weight excluding hydrogens is 274 g/mol. The maximum absolute atomic E-state index is 12.5. The van der Waals surface area contributed by atoms with Crippen molar-refractivity contribution < 1.29 is 4.79 Å². The zero-order chi connectivity index (χ0) is 15.9. The molecule has 1 aromatic carbocycles. The number of hydrogen-bond donors (Lipinski definition) is 1. The summed E-state index contributed by atoms with van der Waals surface area (Å²) in [4.78, 5) is 17.0. The molecule has 1 aromatic rings. The average molecular weight is 303 g/mol. The Bertz CT molecular complexity index is 481. The van der Waals surface area contributed by atoms with Gasteiger partial charge in [-0.05, 0) is 58.0 Å². The average Bonchev–Trinajstić information content (AvgIpc) is 2.82. The largest absolute Gasteiger partial charge is 0.375 e. The first-order valence-corrected chi connectivity index (χ1v) is 8.48. The minimum absolute atomic E-state index is 0.0642. The number of likely N-dealkylation sites (tertiary alicyclic amines) is 1. The lowest BCUT2D eigenvalue weighted by Crippen LogP contribution is -2.42. The monoisotopic (exact) mass is 303 g/mol. The van der Waals surface area contributed by atoms with Gasteiger partial charge in [-0.15, -0.1) is 0 Å². The molecule has 1 unspecified atom stereocenters. The highest BCUT2D eigenvalue weighted by Gasteiger charge is 2.22. The highest BCUT2D eigenvalue weighted by atomic mass is 16.2. The fourth-order valence-corrected chi connectivity index (χ4v) is 2.90. The number of amides is 1. The predicted molar refractivity (Wildman–Crippen MR) is 93.5 cm³/mol. The Labute approximate surface area is 134 Å². The zero-order valence-electron chi connectivity index (χ0n) is 14.1. The summed E-state index contributed by atoms with van der Waals surface area (Å²) in [6.45, 7) is 7.15. The van der Waals surface area contributed by atoms with Crippen molar-refractivity contribution in [3.63, 3.8) is 0 Å². The van der Waals surface area contributed by atoms with E-state index in [0.717, 1.165) is 31.0 Å². The van der Waals surface area contributed by atoms with Crippen LogP contribution in [-0.2, 0) is 4.79 Å². The van der Waals surface area contributed by atoms with Gasteiger partial charge in [0.2, 0.25) is 5.91 Å². The minimum atomic E-state index is -0.0642. The quantitative estimate of drug-likeness (QED) is 0.906. The summed E-state index contributed by atoms with van der Waals surface area (Å²) in [5.41, 5.74) is 2.01. The van der Waals surface area contributed by atoms with Crippen LogP contribution in [0.1, 0.15) is 39.5 Å². The van der Waals surface area contributed by atoms with Gasteiger partial charge in [-0.2, -0.15) is 0 Å². The molecule has 1 amide bonds. The molecule has 0 aliphatic carbocycles. The molecule has 1 N–H and O–H groups in total. The van der Waals surface area contributed by atoms with Gasteiger partial charge in [0.05, 0.1) is 6.04 Å². The van der Waals surface area contributed by atoms with E-state index in [4.69, 9.17) is 0 Å². The van der Waals surface area contributed by atoms with Crippen molar-refractivity contribution in [1.82, 2.24) is 4.90 Å². The van der Waals surface area contributed by atoms with Crippen LogP contribution in [0.4, 0.5) is 11.4 Å². The molecule has 1 saturated heterocycles. The van der Waals surface area contributed by atoms with Crippen LogP contribution in [0.2, 0.25) is 0 Å². The molecular formula is C18H29N3O. The number of nitrogens with one attached hydrogen (secondary N) is 1. The molecule has 1 heterocycles. The molecule has 0 spiro atoms. The van der Waals surface area contributed by atoms with Gasteiger partial charge in [-0.3, -0.25) is 9.69 Å². The van der Waals surface area contributed by atoms with E-state index in [1.807, 2.05) is 25.1 Å². The molecule has 0 radical (unpaired) electrons. The van der Waals surface area contributed by atoms with Crippen molar-refractivity contribution in [2.45, 2.75) is 45.6 Å². The fraction of sp³-hybridized carbons (Fsp3) is 0.611. The van der Waals surface area contributed by atoms with Crippen LogP contribution < -0.4 is 10.2 Å². The van der Waals surface area contributed by atoms with Gasteiger partial charge in [-0.25, -0.2) is 0 Å². The Morgan fingerprint density at radius 2 is 1.95 bits per heavy atom. The first-order valence-electron chi connectivity index (χ1n) is 8.48. The highest BCUT2D eigenvalue weighted by Crippen LogP contribution is 2.19. The molecule has 1 aliphatic heterocycles. The molecule has 2 rings (SSSR count). The van der Waals surface area contributed by atoms with Crippen LogP contribution in [-0.4, -0.2) is 43.5 Å². The van der Waals surface area contributed by atoms with Crippen molar-refractivity contribution in [3.8, 4) is 0 Å². The SMILES string of the molecule is CCN(C)c1cccc(NC(=O)C(C)N2CCCCCC2)c1. The van der Waals surface area contributed by atoms with Crippen LogP contribution in [0.15, 0.2) is 24.3 Å². The molecule has 122 valence electrons. The van der Waals surface area contributed by atoms with Crippen LogP contribution in [0.5, 0.6) is 0 Å². The third-order valence-corrected chi connectivity index (χ3v) is 4.60. The van der Waals surface area contributed by atoms with Gasteiger partial charge in [0.25, 0.3) is 0 Å². The second-order valence-corrected chi connectivity index (χ2v) is 6.18. The van der Waals surface area contributed by atoms with E-state index in [-0.39, 0.29) is 11.9 Å². The summed E-state index contributed by atoms with van der Waals surface area (Å²) in [6.07, 6.45) is 4.98. The standard InChI is InChI=1S/C18H29N3O/c1-4-20(3)17-11-9-10-16(14-17)19-18(22)15(2)21-12-7-5-6-8-13-21/h9-11,14-15H,4-8,12-13H2,1-3H3,(H,19,22). The Morgan fingerprint density at radius 1 is 1.27 bits per heavy atom. The molecule has 1 atom stereocenters. The van der Waals surface area contributed by atoms with E-state index in [0.29, 0.717) is 0 Å². The molecule has 1 fully saturated rings. The zero-order valence-corrected chi connectivity index (χ0v) is 14.1. The van der Waals surface area contributed by atoms with Crippen molar-refractivity contribution in [2.24, 2.45) is 0 Å². The number of carbonyl (C=O) groups excluding carboxylic acids is 1. The van der Waals surface area contributed by atoms with Crippen LogP contribution >= 0.6 is 0 Å². The summed E-state index contributed by atoms with van der Waals surface area (Å²) in [7, 11) is 2.06. The van der Waals surface area contributed by atoms with E-state index >= 15 is 0 Å². The maximum atomic E-state index is 12.5. The van der Waals surface area contributed by atoms with Crippen LogP contribution in [0.3, 0.4) is 0 Å². The number of rotatable bonds is 5. The molecule has 0 aromatic heterocycles. The lowest BCUT2D eigenvalue weighted by Gasteiger charge is -2.26. The van der Waals surface area contributed by atoms with Crippen molar-refractivity contribution >= 4 is 17.3 Å². The van der Waals surface area contributed by atoms with E-state index in [1.54, 1.807) is 0 Å². The van der Waals surface area contributed by atoms with E-state index in [9.17, 15) is 4.79 Å². The third kappa shape index (κ3) is 4.47. The first-order chi connectivity index (χ1) is 10.6. The van der Waals surface area contributed by atoms with Gasteiger partial charge in [-0.1, -0.05) is 18.9 Å². The molecule has 1 aliphatic rings. The molecule has 4 heteroatoms. The summed E-state index contributed by atoms with van der Waals surface area (Å²) in [5.74, 6) is 0.0956. The van der Waals surface area contributed by atoms with E-state index in [1.165, 1.54) is 25.7 Å². The van der Waals surface area contributed by atoms with Gasteiger partial charge < -0.3 is 10.2 Å². The van der Waals surface area contributed by atoms with E-state index < -0.39 is 0 Å². The molecule has 22 heavy (non-hydrogen) atoms. The lowest BCUT2D eigenvalue weighted by molar-refractivity contribution is -0.120. The number of nitrogens with zero attached hydrogens (tertiary/aromatic N) is 2. The number of anilines is 2. The Hall–Kier alpha value is -1.55. The number of benzene rings is 1. The fourth-order valence-electron chi connectivity index (χ4n) is 2.90. The van der Waals surface area contributed by atoms with Gasteiger partial charge >= 0.3 is 0 Å². The second-order valence-electron chi connectivity index (χ2n) is 6.18. The van der Waals surface area contributed by atoms with Gasteiger partial charge in [0.15, 0.2) is 0 Å². The van der Waals surface area contributed by atoms with Crippen molar-refractivity contribution in [3.05, 3.63) is 24.3 Å². The lowest BCUT2D eigenvalue weighted by atomic mass is 10.2. The van der Waals surface area contributed by atoms with Gasteiger partial charge in [0.1, 0.15) is 0 Å². The first kappa shape index (κ1) is 16.8. The van der Waals surface area contributed by atoms with Crippen LogP contribution in [0.25, 0.3) is 0 Å². The highest BCUT2D eigenvalue weighted by molar-refractivity contribution is 5.95. The Morgan fingerprint density at radius 3 is 2.59 bits per heavy atom. The Kier molecular flexibility index (Phi) is 6.25. The van der Waals surface area contributed by atoms with Crippen LogP contribution in [0, 0.1) is 0 Å². The second kappa shape index (κ2) is 8.18. The third-order valence-electron chi connectivity index (χ3n) is 4.60. The minimum Gasteiger partial charge on any atom is -0.375 e. The van der Waals surface area contributed by atoms with E-state index in [2.05, 4.69) is 35.2 Å². The molecule has 0 saturated carbocycles. The predicted octanol–water partition coefficient (Wildman–Crippen LogP) is 3.35. The van der Waals surface area contributed by atoms with Crippen molar-refractivity contribution in [2.75, 3.05) is 36.9 Å².